The molecular formula is C15H22N4O. The van der Waals surface area contributed by atoms with E-state index in [2.05, 4.69) is 34.4 Å². The van der Waals surface area contributed by atoms with Gasteiger partial charge in [-0.05, 0) is 24.1 Å². The van der Waals surface area contributed by atoms with Crippen molar-refractivity contribution in [3.8, 4) is 0 Å². The molecule has 108 valence electrons. The Morgan fingerprint density at radius 2 is 2.15 bits per heavy atom. The van der Waals surface area contributed by atoms with Crippen LogP contribution < -0.4 is 10.6 Å². The van der Waals surface area contributed by atoms with Crippen molar-refractivity contribution < 1.29 is 4.79 Å². The number of aromatic nitrogens is 2. The molecule has 0 saturated carbocycles. The number of rotatable bonds is 5. The maximum absolute atomic E-state index is 11.5. The number of nitrogens with zero attached hydrogens (tertiary/aromatic N) is 1. The Kier molecular flexibility index (Phi) is 4.61. The van der Waals surface area contributed by atoms with Crippen molar-refractivity contribution in [2.24, 2.45) is 0 Å². The lowest BCUT2D eigenvalue weighted by molar-refractivity contribution is 0.240. The summed E-state index contributed by atoms with van der Waals surface area (Å²) in [5.41, 5.74) is 3.04. The highest BCUT2D eigenvalue weighted by molar-refractivity contribution is 5.77. The third-order valence-electron chi connectivity index (χ3n) is 3.10. The van der Waals surface area contributed by atoms with Crippen LogP contribution in [-0.4, -0.2) is 22.5 Å². The summed E-state index contributed by atoms with van der Waals surface area (Å²) in [5.74, 6) is 1.37. The second-order valence-electron chi connectivity index (χ2n) is 5.24. The normalized spacial score (nSPS) is 11.0. The van der Waals surface area contributed by atoms with Gasteiger partial charge >= 0.3 is 6.03 Å². The number of hydrogen-bond acceptors (Lipinski definition) is 2. The minimum Gasteiger partial charge on any atom is -0.342 e. The third kappa shape index (κ3) is 3.50. The first-order valence-electron chi connectivity index (χ1n) is 7.10. The van der Waals surface area contributed by atoms with Crippen LogP contribution in [0.3, 0.4) is 0 Å². The molecule has 0 saturated heterocycles. The van der Waals surface area contributed by atoms with Gasteiger partial charge in [0.25, 0.3) is 0 Å². The number of benzene rings is 1. The molecule has 5 heteroatoms. The minimum absolute atomic E-state index is 0.126. The van der Waals surface area contributed by atoms with Crippen molar-refractivity contribution in [1.29, 1.82) is 0 Å². The van der Waals surface area contributed by atoms with Gasteiger partial charge in [-0.1, -0.05) is 26.8 Å². The van der Waals surface area contributed by atoms with Crippen molar-refractivity contribution in [3.05, 3.63) is 29.6 Å². The van der Waals surface area contributed by atoms with Crippen LogP contribution in [0.15, 0.2) is 18.2 Å². The Balaban J connectivity index is 2.02. The van der Waals surface area contributed by atoms with E-state index >= 15 is 0 Å². The molecule has 5 nitrogen and oxygen atoms in total. The SMILES string of the molecule is CCCNC(=O)NCc1ccc2nc(C(C)C)[nH]c2c1. The standard InChI is InChI=1S/C15H22N4O/c1-4-7-16-15(20)17-9-11-5-6-12-13(8-11)19-14(18-12)10(2)3/h5-6,8,10H,4,7,9H2,1-3H3,(H,18,19)(H2,16,17,20). The maximum Gasteiger partial charge on any atom is 0.315 e. The fourth-order valence-electron chi connectivity index (χ4n) is 1.94. The molecule has 2 amide bonds. The van der Waals surface area contributed by atoms with E-state index in [9.17, 15) is 4.79 Å². The summed E-state index contributed by atoms with van der Waals surface area (Å²) in [6, 6.07) is 5.89. The summed E-state index contributed by atoms with van der Waals surface area (Å²) in [5, 5.41) is 5.63. The summed E-state index contributed by atoms with van der Waals surface area (Å²) in [7, 11) is 0. The van der Waals surface area contributed by atoms with Crippen molar-refractivity contribution in [3.63, 3.8) is 0 Å². The van der Waals surface area contributed by atoms with Crippen LogP contribution in [0.2, 0.25) is 0 Å². The molecule has 0 bridgehead atoms. The van der Waals surface area contributed by atoms with E-state index in [4.69, 9.17) is 0 Å². The van der Waals surface area contributed by atoms with Crippen LogP contribution in [0, 0.1) is 0 Å². The largest absolute Gasteiger partial charge is 0.342 e. The quantitative estimate of drug-likeness (QED) is 0.784. The van der Waals surface area contributed by atoms with Crippen LogP contribution in [-0.2, 0) is 6.54 Å². The smallest absolute Gasteiger partial charge is 0.315 e. The Labute approximate surface area is 119 Å². The molecular weight excluding hydrogens is 252 g/mol. The zero-order valence-electron chi connectivity index (χ0n) is 12.3. The van der Waals surface area contributed by atoms with E-state index in [1.807, 2.05) is 25.1 Å². The number of carbonyl (C=O) groups is 1. The van der Waals surface area contributed by atoms with Crippen molar-refractivity contribution in [2.75, 3.05) is 6.54 Å². The van der Waals surface area contributed by atoms with Crippen LogP contribution in [0.1, 0.15) is 44.5 Å². The Morgan fingerprint density at radius 1 is 1.35 bits per heavy atom. The molecule has 0 radical (unpaired) electrons. The first-order valence-corrected chi connectivity index (χ1v) is 7.10. The number of carbonyl (C=O) groups excluding carboxylic acids is 1. The number of fused-ring (bicyclic) bond motifs is 1. The van der Waals surface area contributed by atoms with Crippen molar-refractivity contribution >= 4 is 17.1 Å². The molecule has 20 heavy (non-hydrogen) atoms. The maximum atomic E-state index is 11.5. The average Bonchev–Trinajstić information content (AvgIpc) is 2.86. The van der Waals surface area contributed by atoms with E-state index in [1.54, 1.807) is 0 Å². The lowest BCUT2D eigenvalue weighted by atomic mass is 10.2. The minimum atomic E-state index is -0.126. The molecule has 0 atom stereocenters. The van der Waals surface area contributed by atoms with E-state index in [0.717, 1.165) is 28.8 Å². The summed E-state index contributed by atoms with van der Waals surface area (Å²) in [6.45, 7) is 7.46. The molecule has 0 fully saturated rings. The fraction of sp³-hybridized carbons (Fsp3) is 0.467. The lowest BCUT2D eigenvalue weighted by Gasteiger charge is -2.06. The van der Waals surface area contributed by atoms with Crippen LogP contribution >= 0.6 is 0 Å². The second-order valence-corrected chi connectivity index (χ2v) is 5.24. The average molecular weight is 274 g/mol. The first-order chi connectivity index (χ1) is 9.60. The van der Waals surface area contributed by atoms with E-state index < -0.39 is 0 Å². The first kappa shape index (κ1) is 14.4. The fourth-order valence-corrected chi connectivity index (χ4v) is 1.94. The predicted octanol–water partition coefficient (Wildman–Crippen LogP) is 2.90. The highest BCUT2D eigenvalue weighted by atomic mass is 16.2. The zero-order chi connectivity index (χ0) is 14.5. The highest BCUT2D eigenvalue weighted by Crippen LogP contribution is 2.18. The molecule has 1 aromatic carbocycles. The molecule has 0 unspecified atom stereocenters. The van der Waals surface area contributed by atoms with Gasteiger partial charge in [0.15, 0.2) is 0 Å². The molecule has 0 aliphatic carbocycles. The number of amides is 2. The second kappa shape index (κ2) is 6.41. The molecule has 0 aliphatic heterocycles. The summed E-state index contributed by atoms with van der Waals surface area (Å²) < 4.78 is 0. The number of hydrogen-bond donors (Lipinski definition) is 3. The van der Waals surface area contributed by atoms with Gasteiger partial charge in [-0.15, -0.1) is 0 Å². The van der Waals surface area contributed by atoms with Gasteiger partial charge in [0.1, 0.15) is 5.82 Å². The van der Waals surface area contributed by atoms with Gasteiger partial charge in [0.05, 0.1) is 11.0 Å². The van der Waals surface area contributed by atoms with Crippen LogP contribution in [0.5, 0.6) is 0 Å². The number of urea groups is 1. The number of aromatic amines is 1. The Bertz CT molecular complexity index is 589. The van der Waals surface area contributed by atoms with E-state index in [0.29, 0.717) is 19.0 Å². The number of H-pyrrole nitrogens is 1. The van der Waals surface area contributed by atoms with E-state index in [-0.39, 0.29) is 6.03 Å². The molecule has 1 heterocycles. The zero-order valence-corrected chi connectivity index (χ0v) is 12.3. The van der Waals surface area contributed by atoms with Crippen molar-refractivity contribution in [2.45, 2.75) is 39.7 Å². The van der Waals surface area contributed by atoms with Gasteiger partial charge in [-0.25, -0.2) is 9.78 Å². The number of nitrogens with one attached hydrogen (secondary N) is 3. The van der Waals surface area contributed by atoms with Crippen LogP contribution in [0.25, 0.3) is 11.0 Å². The summed E-state index contributed by atoms with van der Waals surface area (Å²) >= 11 is 0. The van der Waals surface area contributed by atoms with Crippen LogP contribution in [0.4, 0.5) is 4.79 Å². The van der Waals surface area contributed by atoms with E-state index in [1.165, 1.54) is 0 Å². The predicted molar refractivity (Wildman–Crippen MR) is 80.7 cm³/mol. The molecule has 2 aromatic rings. The molecule has 2 rings (SSSR count). The molecule has 0 aliphatic rings. The van der Waals surface area contributed by atoms with Crippen molar-refractivity contribution in [1.82, 2.24) is 20.6 Å². The topological polar surface area (TPSA) is 69.8 Å². The Morgan fingerprint density at radius 3 is 2.85 bits per heavy atom. The lowest BCUT2D eigenvalue weighted by Crippen LogP contribution is -2.35. The number of imidazole rings is 1. The van der Waals surface area contributed by atoms with Gasteiger partial charge in [0, 0.05) is 19.0 Å². The highest BCUT2D eigenvalue weighted by Gasteiger charge is 2.07. The summed E-state index contributed by atoms with van der Waals surface area (Å²) in [6.07, 6.45) is 0.936. The molecule has 1 aromatic heterocycles. The van der Waals surface area contributed by atoms with Gasteiger partial charge < -0.3 is 15.6 Å². The molecule has 3 N–H and O–H groups in total. The monoisotopic (exact) mass is 274 g/mol. The van der Waals surface area contributed by atoms with Gasteiger partial charge in [-0.2, -0.15) is 0 Å². The summed E-state index contributed by atoms with van der Waals surface area (Å²) in [4.78, 5) is 19.3. The van der Waals surface area contributed by atoms with Gasteiger partial charge in [0.2, 0.25) is 0 Å². The molecule has 0 spiro atoms. The van der Waals surface area contributed by atoms with Gasteiger partial charge in [-0.3, -0.25) is 0 Å². The Hall–Kier alpha value is -2.04. The third-order valence-corrected chi connectivity index (χ3v) is 3.10.